The van der Waals surface area contributed by atoms with E-state index in [0.717, 1.165) is 23.8 Å². The van der Waals surface area contributed by atoms with Gasteiger partial charge < -0.3 is 10.5 Å². The number of methoxy groups -OCH3 is 1. The first-order chi connectivity index (χ1) is 12.9. The maximum Gasteiger partial charge on any atom is 0.343 e. The summed E-state index contributed by atoms with van der Waals surface area (Å²) in [5.74, 6) is -5.55. The molecule has 27 heavy (non-hydrogen) atoms. The number of fused-ring (bicyclic) bond motifs is 2. The molecule has 0 aliphatic carbocycles. The third-order valence-electron chi connectivity index (χ3n) is 4.14. The number of hydrogen-bond acceptors (Lipinski definition) is 5. The summed E-state index contributed by atoms with van der Waals surface area (Å²) in [4.78, 5) is 21.0. The third-order valence-corrected chi connectivity index (χ3v) is 4.14. The second-order valence-corrected chi connectivity index (χ2v) is 5.67. The van der Waals surface area contributed by atoms with Crippen LogP contribution in [0.5, 0.6) is 0 Å². The van der Waals surface area contributed by atoms with E-state index < -0.39 is 29.1 Å². The Hall–Kier alpha value is -3.62. The molecule has 0 bridgehead atoms. The van der Waals surface area contributed by atoms with Crippen LogP contribution in [-0.2, 0) is 4.74 Å². The van der Waals surface area contributed by atoms with Crippen molar-refractivity contribution in [2.75, 3.05) is 12.8 Å². The molecule has 136 valence electrons. The van der Waals surface area contributed by atoms with Crippen molar-refractivity contribution in [1.82, 2.24) is 14.5 Å². The number of aromatic nitrogens is 3. The van der Waals surface area contributed by atoms with Crippen molar-refractivity contribution in [3.05, 3.63) is 59.4 Å². The molecule has 4 aromatic rings. The first-order valence-electron chi connectivity index (χ1n) is 7.73. The number of nitrogens with two attached hydrogens (primary N) is 1. The van der Waals surface area contributed by atoms with E-state index in [4.69, 9.17) is 10.5 Å². The van der Waals surface area contributed by atoms with Gasteiger partial charge in [0.15, 0.2) is 23.1 Å². The van der Waals surface area contributed by atoms with Gasteiger partial charge in [0.25, 0.3) is 0 Å². The van der Waals surface area contributed by atoms with Crippen LogP contribution in [0.4, 0.5) is 19.0 Å². The lowest BCUT2D eigenvalue weighted by atomic mass is 10.2. The molecule has 0 spiro atoms. The lowest BCUT2D eigenvalue weighted by Gasteiger charge is -2.10. The average molecular weight is 372 g/mol. The van der Waals surface area contributed by atoms with Crippen LogP contribution in [0, 0.1) is 17.5 Å². The van der Waals surface area contributed by atoms with E-state index in [2.05, 4.69) is 9.97 Å². The monoisotopic (exact) mass is 372 g/mol. The molecule has 2 aromatic carbocycles. The number of nitrogens with zero attached hydrogens (tertiary/aromatic N) is 3. The fraction of sp³-hybridized carbons (Fsp3) is 0.0556. The average Bonchev–Trinajstić information content (AvgIpc) is 2.95. The normalized spacial score (nSPS) is 11.3. The zero-order chi connectivity index (χ0) is 19.3. The molecule has 2 heterocycles. The summed E-state index contributed by atoms with van der Waals surface area (Å²) < 4.78 is 47.2. The molecule has 0 atom stereocenters. The summed E-state index contributed by atoms with van der Waals surface area (Å²) in [7, 11) is 1.15. The van der Waals surface area contributed by atoms with Crippen LogP contribution in [0.25, 0.3) is 27.9 Å². The number of anilines is 1. The number of ether oxygens (including phenoxy) is 1. The quantitative estimate of drug-likeness (QED) is 0.431. The number of benzene rings is 2. The Kier molecular flexibility index (Phi) is 3.72. The topological polar surface area (TPSA) is 83.0 Å². The number of esters is 1. The molecule has 0 saturated carbocycles. The molecule has 0 saturated heterocycles. The Morgan fingerprint density at radius 3 is 2.37 bits per heavy atom. The largest absolute Gasteiger partial charge is 0.465 e. The smallest absolute Gasteiger partial charge is 0.343 e. The number of nitrogen functional groups attached to an aromatic ring is 1. The maximum absolute atomic E-state index is 14.4. The Morgan fingerprint density at radius 1 is 1.04 bits per heavy atom. The lowest BCUT2D eigenvalue weighted by Crippen LogP contribution is -2.09. The number of hydrogen-bond donors (Lipinski definition) is 1. The first-order valence-corrected chi connectivity index (χ1v) is 7.73. The van der Waals surface area contributed by atoms with E-state index in [1.807, 2.05) is 0 Å². The van der Waals surface area contributed by atoms with Crippen LogP contribution in [0.1, 0.15) is 10.4 Å². The molecule has 0 unspecified atom stereocenters. The summed E-state index contributed by atoms with van der Waals surface area (Å²) in [6.45, 7) is 0. The van der Waals surface area contributed by atoms with Gasteiger partial charge in [0, 0.05) is 0 Å². The van der Waals surface area contributed by atoms with Crippen molar-refractivity contribution >= 4 is 34.0 Å². The summed E-state index contributed by atoms with van der Waals surface area (Å²) in [5.41, 5.74) is 6.48. The van der Waals surface area contributed by atoms with Gasteiger partial charge in [-0.3, -0.25) is 4.57 Å². The second kappa shape index (κ2) is 5.97. The zero-order valence-electron chi connectivity index (χ0n) is 13.8. The maximum atomic E-state index is 14.4. The summed E-state index contributed by atoms with van der Waals surface area (Å²) in [5, 5.41) is 0. The summed E-state index contributed by atoms with van der Waals surface area (Å²) in [6.07, 6.45) is 0. The van der Waals surface area contributed by atoms with Gasteiger partial charge in [0.2, 0.25) is 0 Å². The molecule has 0 amide bonds. The molecule has 0 aliphatic heterocycles. The molecule has 0 radical (unpaired) electrons. The Balaban J connectivity index is 2.17. The minimum Gasteiger partial charge on any atom is -0.465 e. The van der Waals surface area contributed by atoms with Gasteiger partial charge in [0.1, 0.15) is 16.9 Å². The van der Waals surface area contributed by atoms with E-state index in [0.29, 0.717) is 11.0 Å². The van der Waals surface area contributed by atoms with Crippen molar-refractivity contribution in [3.8, 4) is 5.69 Å². The van der Waals surface area contributed by atoms with E-state index in [9.17, 15) is 18.0 Å². The third kappa shape index (κ3) is 2.39. The fourth-order valence-corrected chi connectivity index (χ4v) is 2.90. The van der Waals surface area contributed by atoms with Gasteiger partial charge in [-0.25, -0.2) is 27.9 Å². The van der Waals surface area contributed by atoms with Crippen molar-refractivity contribution in [3.63, 3.8) is 0 Å². The summed E-state index contributed by atoms with van der Waals surface area (Å²) in [6, 6.07) is 8.55. The number of para-hydroxylation sites is 2. The van der Waals surface area contributed by atoms with Gasteiger partial charge in [-0.2, -0.15) is 0 Å². The SMILES string of the molecule is COC(=O)c1c(N)n(-c2ccc(F)c(F)c2F)c2nc3ccccc3nc12. The predicted molar refractivity (Wildman–Crippen MR) is 92.0 cm³/mol. The van der Waals surface area contributed by atoms with E-state index in [1.165, 1.54) is 0 Å². The molecule has 0 aliphatic rings. The highest BCUT2D eigenvalue weighted by atomic mass is 19.2. The van der Waals surface area contributed by atoms with Crippen molar-refractivity contribution in [2.45, 2.75) is 0 Å². The van der Waals surface area contributed by atoms with Crippen LogP contribution in [-0.4, -0.2) is 27.6 Å². The van der Waals surface area contributed by atoms with Crippen molar-refractivity contribution in [2.24, 2.45) is 0 Å². The zero-order valence-corrected chi connectivity index (χ0v) is 13.8. The molecule has 0 fully saturated rings. The van der Waals surface area contributed by atoms with Crippen molar-refractivity contribution in [1.29, 1.82) is 0 Å². The highest BCUT2D eigenvalue weighted by Crippen LogP contribution is 2.33. The molecular formula is C18H11F3N4O2. The minimum atomic E-state index is -1.66. The van der Waals surface area contributed by atoms with Crippen LogP contribution in [0.15, 0.2) is 36.4 Å². The van der Waals surface area contributed by atoms with E-state index >= 15 is 0 Å². The molecule has 9 heteroatoms. The van der Waals surface area contributed by atoms with E-state index in [-0.39, 0.29) is 22.5 Å². The van der Waals surface area contributed by atoms with Crippen LogP contribution < -0.4 is 5.73 Å². The molecule has 2 aromatic heterocycles. The molecular weight excluding hydrogens is 361 g/mol. The first kappa shape index (κ1) is 16.8. The highest BCUT2D eigenvalue weighted by Gasteiger charge is 2.27. The van der Waals surface area contributed by atoms with Gasteiger partial charge in [-0.1, -0.05) is 12.1 Å². The second-order valence-electron chi connectivity index (χ2n) is 5.67. The van der Waals surface area contributed by atoms with Crippen LogP contribution >= 0.6 is 0 Å². The Labute approximate surface area is 150 Å². The van der Waals surface area contributed by atoms with Crippen LogP contribution in [0.3, 0.4) is 0 Å². The highest BCUT2D eigenvalue weighted by molar-refractivity contribution is 6.08. The minimum absolute atomic E-state index is 0.0107. The predicted octanol–water partition coefficient (Wildman–Crippen LogP) is 3.36. The van der Waals surface area contributed by atoms with Crippen LogP contribution in [0.2, 0.25) is 0 Å². The number of halogens is 3. The summed E-state index contributed by atoms with van der Waals surface area (Å²) >= 11 is 0. The number of carbonyl (C=O) groups excluding carboxylic acids is 1. The molecule has 4 rings (SSSR count). The Morgan fingerprint density at radius 2 is 1.70 bits per heavy atom. The lowest BCUT2D eigenvalue weighted by molar-refractivity contribution is 0.0604. The number of carbonyl (C=O) groups is 1. The van der Waals surface area contributed by atoms with Crippen molar-refractivity contribution < 1.29 is 22.7 Å². The molecule has 6 nitrogen and oxygen atoms in total. The Bertz CT molecular complexity index is 1240. The number of rotatable bonds is 2. The standard InChI is InChI=1S/C18H11F3N4O2/c1-27-18(26)12-15-17(24-10-5-3-2-4-9(10)23-15)25(16(12)22)11-7-6-8(19)13(20)14(11)21/h2-7H,22H2,1H3. The van der Waals surface area contributed by atoms with Gasteiger partial charge in [-0.15, -0.1) is 0 Å². The molecule has 2 N–H and O–H groups in total. The van der Waals surface area contributed by atoms with Gasteiger partial charge >= 0.3 is 5.97 Å². The fourth-order valence-electron chi connectivity index (χ4n) is 2.90. The van der Waals surface area contributed by atoms with Gasteiger partial charge in [-0.05, 0) is 24.3 Å². The van der Waals surface area contributed by atoms with E-state index in [1.54, 1.807) is 24.3 Å². The van der Waals surface area contributed by atoms with Gasteiger partial charge in [0.05, 0.1) is 23.8 Å².